The van der Waals surface area contributed by atoms with Crippen LogP contribution in [-0.2, 0) is 14.8 Å². The normalized spacial score (nSPS) is 11.5. The van der Waals surface area contributed by atoms with Crippen LogP contribution in [0.4, 0.5) is 14.5 Å². The summed E-state index contributed by atoms with van der Waals surface area (Å²) in [6.45, 7) is 1.45. The fraction of sp³-hybridized carbons (Fsp3) is 0.263. The highest BCUT2D eigenvalue weighted by Crippen LogP contribution is 2.17. The SMILES string of the molecule is CC(=O)c1ccc(S(=O)(=O)N(C)CCCC(=O)Nc2ccc(F)cc2F)cc1. The highest BCUT2D eigenvalue weighted by atomic mass is 32.2. The predicted molar refractivity (Wildman–Crippen MR) is 100 cm³/mol. The summed E-state index contributed by atoms with van der Waals surface area (Å²) in [6, 6.07) is 8.38. The maximum absolute atomic E-state index is 13.5. The lowest BCUT2D eigenvalue weighted by molar-refractivity contribution is -0.116. The van der Waals surface area contributed by atoms with Crippen LogP contribution in [0.25, 0.3) is 0 Å². The summed E-state index contributed by atoms with van der Waals surface area (Å²) in [6.07, 6.45) is 0.163. The Bertz CT molecular complexity index is 976. The zero-order valence-electron chi connectivity index (χ0n) is 15.4. The summed E-state index contributed by atoms with van der Waals surface area (Å²) in [7, 11) is -2.38. The molecule has 0 saturated carbocycles. The first-order valence-electron chi connectivity index (χ1n) is 8.43. The molecule has 9 heteroatoms. The van der Waals surface area contributed by atoms with Crippen molar-refractivity contribution in [3.8, 4) is 0 Å². The van der Waals surface area contributed by atoms with Gasteiger partial charge in [0, 0.05) is 31.6 Å². The number of hydrogen-bond donors (Lipinski definition) is 1. The minimum Gasteiger partial charge on any atom is -0.324 e. The topological polar surface area (TPSA) is 83.6 Å². The third-order valence-electron chi connectivity index (χ3n) is 4.05. The highest BCUT2D eigenvalue weighted by Gasteiger charge is 2.21. The first kappa shape index (κ1) is 21.6. The van der Waals surface area contributed by atoms with Crippen LogP contribution in [0.2, 0.25) is 0 Å². The third kappa shape index (κ3) is 5.43. The van der Waals surface area contributed by atoms with Gasteiger partial charge < -0.3 is 5.32 Å². The Hall–Kier alpha value is -2.65. The summed E-state index contributed by atoms with van der Waals surface area (Å²) in [4.78, 5) is 23.2. The largest absolute Gasteiger partial charge is 0.324 e. The number of rotatable bonds is 8. The van der Waals surface area contributed by atoms with Crippen LogP contribution < -0.4 is 5.32 Å². The Morgan fingerprint density at radius 2 is 1.71 bits per heavy atom. The van der Waals surface area contributed by atoms with Gasteiger partial charge in [-0.05, 0) is 37.6 Å². The van der Waals surface area contributed by atoms with Crippen molar-refractivity contribution in [2.45, 2.75) is 24.7 Å². The summed E-state index contributed by atoms with van der Waals surface area (Å²) in [5.74, 6) is -2.32. The Balaban J connectivity index is 1.90. The maximum atomic E-state index is 13.5. The van der Waals surface area contributed by atoms with Crippen molar-refractivity contribution in [1.82, 2.24) is 4.31 Å². The van der Waals surface area contributed by atoms with Gasteiger partial charge in [-0.25, -0.2) is 21.5 Å². The van der Waals surface area contributed by atoms with Gasteiger partial charge in [0.15, 0.2) is 5.78 Å². The molecule has 6 nitrogen and oxygen atoms in total. The molecule has 0 spiro atoms. The second kappa shape index (κ2) is 9.03. The molecule has 0 atom stereocenters. The Morgan fingerprint density at radius 1 is 1.07 bits per heavy atom. The molecule has 0 bridgehead atoms. The van der Waals surface area contributed by atoms with Gasteiger partial charge in [0.2, 0.25) is 15.9 Å². The number of carbonyl (C=O) groups is 2. The van der Waals surface area contributed by atoms with E-state index >= 15 is 0 Å². The molecular formula is C19H20F2N2O4S. The first-order chi connectivity index (χ1) is 13.1. The minimum atomic E-state index is -3.76. The molecule has 0 aliphatic carbocycles. The molecule has 0 unspecified atom stereocenters. The number of halogens is 2. The average Bonchev–Trinajstić information content (AvgIpc) is 2.64. The van der Waals surface area contributed by atoms with E-state index < -0.39 is 27.6 Å². The number of anilines is 1. The molecule has 0 aliphatic heterocycles. The van der Waals surface area contributed by atoms with E-state index in [4.69, 9.17) is 0 Å². The number of Topliss-reactive ketones (excluding diaryl/α,β-unsaturated/α-hetero) is 1. The van der Waals surface area contributed by atoms with Gasteiger partial charge in [-0.3, -0.25) is 9.59 Å². The Labute approximate surface area is 162 Å². The van der Waals surface area contributed by atoms with Crippen LogP contribution in [0.1, 0.15) is 30.1 Å². The van der Waals surface area contributed by atoms with Crippen molar-refractivity contribution in [1.29, 1.82) is 0 Å². The summed E-state index contributed by atoms with van der Waals surface area (Å²) in [5.41, 5.74) is 0.268. The number of sulfonamides is 1. The fourth-order valence-corrected chi connectivity index (χ4v) is 3.64. The third-order valence-corrected chi connectivity index (χ3v) is 5.92. The standard InChI is InChI=1S/C19H20F2N2O4S/c1-13(24)14-5-8-16(9-6-14)28(26,27)23(2)11-3-4-19(25)22-18-10-7-15(20)12-17(18)21/h5-10,12H,3-4,11H2,1-2H3,(H,22,25). The molecule has 28 heavy (non-hydrogen) atoms. The quantitative estimate of drug-likeness (QED) is 0.678. The summed E-state index contributed by atoms with van der Waals surface area (Å²) >= 11 is 0. The maximum Gasteiger partial charge on any atom is 0.242 e. The molecule has 150 valence electrons. The van der Waals surface area contributed by atoms with Crippen LogP contribution in [0, 0.1) is 11.6 Å². The lowest BCUT2D eigenvalue weighted by Crippen LogP contribution is -2.28. The number of benzene rings is 2. The zero-order chi connectivity index (χ0) is 20.9. The van der Waals surface area contributed by atoms with Crippen molar-refractivity contribution in [3.05, 3.63) is 59.7 Å². The molecule has 0 heterocycles. The van der Waals surface area contributed by atoms with E-state index in [0.717, 1.165) is 16.4 Å². The number of amides is 1. The zero-order valence-corrected chi connectivity index (χ0v) is 16.2. The van der Waals surface area contributed by atoms with Crippen LogP contribution >= 0.6 is 0 Å². The Kier molecular flexibility index (Phi) is 6.98. The van der Waals surface area contributed by atoms with E-state index in [1.807, 2.05) is 0 Å². The van der Waals surface area contributed by atoms with Gasteiger partial charge in [-0.2, -0.15) is 0 Å². The monoisotopic (exact) mass is 410 g/mol. The number of hydrogen-bond acceptors (Lipinski definition) is 4. The van der Waals surface area contributed by atoms with E-state index in [9.17, 15) is 26.8 Å². The number of nitrogens with zero attached hydrogens (tertiary/aromatic N) is 1. The van der Waals surface area contributed by atoms with Crippen LogP contribution in [-0.4, -0.2) is 38.0 Å². The highest BCUT2D eigenvalue weighted by molar-refractivity contribution is 7.89. The summed E-state index contributed by atoms with van der Waals surface area (Å²) in [5, 5.41) is 2.32. The minimum absolute atomic E-state index is 0.0397. The predicted octanol–water partition coefficient (Wildman–Crippen LogP) is 3.21. The van der Waals surface area contributed by atoms with Gasteiger partial charge in [0.25, 0.3) is 0 Å². The molecule has 2 rings (SSSR count). The molecule has 0 fully saturated rings. The molecule has 1 N–H and O–H groups in total. The van der Waals surface area contributed by atoms with Gasteiger partial charge in [0.1, 0.15) is 11.6 Å². The Morgan fingerprint density at radius 3 is 2.29 bits per heavy atom. The molecule has 1 amide bonds. The number of ketones is 1. The molecule has 0 saturated heterocycles. The molecular weight excluding hydrogens is 390 g/mol. The van der Waals surface area contributed by atoms with E-state index in [-0.39, 0.29) is 35.8 Å². The smallest absolute Gasteiger partial charge is 0.242 e. The van der Waals surface area contributed by atoms with E-state index in [1.165, 1.54) is 38.2 Å². The molecule has 0 aromatic heterocycles. The van der Waals surface area contributed by atoms with Crippen molar-refractivity contribution >= 4 is 27.4 Å². The lowest BCUT2D eigenvalue weighted by Gasteiger charge is -2.17. The molecule has 2 aromatic carbocycles. The van der Waals surface area contributed by atoms with Crippen molar-refractivity contribution in [3.63, 3.8) is 0 Å². The molecule has 0 aliphatic rings. The average molecular weight is 410 g/mol. The van der Waals surface area contributed by atoms with Gasteiger partial charge in [-0.15, -0.1) is 0 Å². The van der Waals surface area contributed by atoms with Crippen LogP contribution in [0.15, 0.2) is 47.4 Å². The van der Waals surface area contributed by atoms with Crippen LogP contribution in [0.5, 0.6) is 0 Å². The van der Waals surface area contributed by atoms with E-state index in [0.29, 0.717) is 11.6 Å². The summed E-state index contributed by atoms with van der Waals surface area (Å²) < 4.78 is 52.5. The molecule has 2 aromatic rings. The second-order valence-electron chi connectivity index (χ2n) is 6.18. The van der Waals surface area contributed by atoms with E-state index in [1.54, 1.807) is 0 Å². The van der Waals surface area contributed by atoms with Gasteiger partial charge >= 0.3 is 0 Å². The lowest BCUT2D eigenvalue weighted by atomic mass is 10.2. The molecule has 0 radical (unpaired) electrons. The van der Waals surface area contributed by atoms with Gasteiger partial charge in [0.05, 0.1) is 10.6 Å². The second-order valence-corrected chi connectivity index (χ2v) is 8.23. The van der Waals surface area contributed by atoms with Gasteiger partial charge in [-0.1, -0.05) is 12.1 Å². The van der Waals surface area contributed by atoms with E-state index in [2.05, 4.69) is 5.32 Å². The number of carbonyl (C=O) groups excluding carboxylic acids is 2. The number of nitrogens with one attached hydrogen (secondary N) is 1. The van der Waals surface area contributed by atoms with Crippen molar-refractivity contribution < 1.29 is 26.8 Å². The van der Waals surface area contributed by atoms with Crippen molar-refractivity contribution in [2.75, 3.05) is 18.9 Å². The first-order valence-corrected chi connectivity index (χ1v) is 9.87. The fourth-order valence-electron chi connectivity index (χ4n) is 2.43. The van der Waals surface area contributed by atoms with Crippen molar-refractivity contribution in [2.24, 2.45) is 0 Å². The van der Waals surface area contributed by atoms with Crippen LogP contribution in [0.3, 0.4) is 0 Å².